The molecule has 0 heterocycles. The van der Waals surface area contributed by atoms with Crippen molar-refractivity contribution >= 4 is 30.0 Å². The van der Waals surface area contributed by atoms with Crippen LogP contribution in [0.4, 0.5) is 0 Å². The lowest BCUT2D eigenvalue weighted by atomic mass is 10.0. The summed E-state index contributed by atoms with van der Waals surface area (Å²) in [6, 6.07) is 6.61. The van der Waals surface area contributed by atoms with E-state index in [9.17, 15) is 19.2 Å². The van der Waals surface area contributed by atoms with Gasteiger partial charge in [0.1, 0.15) is 24.1 Å². The summed E-state index contributed by atoms with van der Waals surface area (Å²) >= 11 is 0. The van der Waals surface area contributed by atoms with Crippen molar-refractivity contribution in [2.75, 3.05) is 0 Å². The van der Waals surface area contributed by atoms with Crippen molar-refractivity contribution < 1.29 is 38.1 Å². The topological polar surface area (TPSA) is 105 Å². The standard InChI is InChI=1S/C22H22O8/c1-12(23)27-16-7-4-15(5-8-16)6-11-19(26)30-20-17-9-10-18(20)22(29-14(3)25)21(17)28-13(2)24/h4-11,17-18,20-22H,1-3H3/b11-6+/t17?,18?,20?,21-,22+. The van der Waals surface area contributed by atoms with E-state index in [0.29, 0.717) is 11.3 Å². The highest BCUT2D eigenvalue weighted by Gasteiger charge is 2.57. The molecule has 1 aromatic rings. The molecular weight excluding hydrogens is 392 g/mol. The molecule has 0 aromatic heterocycles. The van der Waals surface area contributed by atoms with Crippen molar-refractivity contribution in [1.82, 2.24) is 0 Å². The van der Waals surface area contributed by atoms with Crippen LogP contribution in [0.15, 0.2) is 42.5 Å². The van der Waals surface area contributed by atoms with Gasteiger partial charge in [-0.15, -0.1) is 0 Å². The summed E-state index contributed by atoms with van der Waals surface area (Å²) in [7, 11) is 0. The molecule has 2 aliphatic rings. The van der Waals surface area contributed by atoms with Gasteiger partial charge in [0.15, 0.2) is 0 Å². The minimum atomic E-state index is -0.697. The number of ether oxygens (including phenoxy) is 4. The van der Waals surface area contributed by atoms with Gasteiger partial charge >= 0.3 is 23.9 Å². The van der Waals surface area contributed by atoms with Gasteiger partial charge in [-0.3, -0.25) is 14.4 Å². The third-order valence-electron chi connectivity index (χ3n) is 4.81. The highest BCUT2D eigenvalue weighted by molar-refractivity contribution is 5.87. The average Bonchev–Trinajstić information content (AvgIpc) is 3.15. The van der Waals surface area contributed by atoms with Crippen LogP contribution < -0.4 is 4.74 Å². The van der Waals surface area contributed by atoms with E-state index in [0.717, 1.165) is 0 Å². The molecule has 0 aliphatic heterocycles. The number of fused-ring (bicyclic) bond motifs is 2. The van der Waals surface area contributed by atoms with Crippen molar-refractivity contribution in [3.8, 4) is 5.75 Å². The number of carbonyl (C=O) groups excluding carboxylic acids is 4. The summed E-state index contributed by atoms with van der Waals surface area (Å²) in [5.74, 6) is -2.36. The summed E-state index contributed by atoms with van der Waals surface area (Å²) in [5, 5.41) is 0. The molecule has 3 rings (SSSR count). The Balaban J connectivity index is 1.64. The van der Waals surface area contributed by atoms with Crippen LogP contribution in [-0.4, -0.2) is 42.2 Å². The number of esters is 4. The predicted octanol–water partition coefficient (Wildman–Crippen LogP) is 2.22. The SMILES string of the molecule is CC(=O)Oc1ccc(/C=C/C(=O)OC2C3C=CC2[C@H](OC(C)=O)[C@@H]3OC(C)=O)cc1. The Hall–Kier alpha value is -3.42. The fraction of sp³-hybridized carbons (Fsp3) is 0.364. The van der Waals surface area contributed by atoms with Crippen LogP contribution in [0, 0.1) is 11.8 Å². The average molecular weight is 414 g/mol. The van der Waals surface area contributed by atoms with Gasteiger partial charge in [-0.25, -0.2) is 4.79 Å². The molecule has 5 atom stereocenters. The maximum atomic E-state index is 12.3. The van der Waals surface area contributed by atoms with E-state index in [-0.39, 0.29) is 11.8 Å². The van der Waals surface area contributed by atoms with Gasteiger partial charge in [0.05, 0.1) is 11.8 Å². The van der Waals surface area contributed by atoms with Crippen LogP contribution in [-0.2, 0) is 33.4 Å². The van der Waals surface area contributed by atoms with Crippen LogP contribution in [0.25, 0.3) is 6.08 Å². The zero-order valence-corrected chi connectivity index (χ0v) is 16.8. The molecule has 3 unspecified atom stereocenters. The normalized spacial score (nSPS) is 26.4. The minimum absolute atomic E-state index is 0.386. The molecule has 8 heteroatoms. The minimum Gasteiger partial charge on any atom is -0.458 e. The van der Waals surface area contributed by atoms with E-state index in [1.807, 2.05) is 12.2 Å². The Morgan fingerprint density at radius 1 is 0.733 bits per heavy atom. The van der Waals surface area contributed by atoms with Gasteiger partial charge in [0, 0.05) is 26.8 Å². The smallest absolute Gasteiger partial charge is 0.331 e. The summed E-state index contributed by atoms with van der Waals surface area (Å²) in [6.45, 7) is 3.86. The monoisotopic (exact) mass is 414 g/mol. The molecule has 1 saturated carbocycles. The van der Waals surface area contributed by atoms with Crippen LogP contribution in [0.2, 0.25) is 0 Å². The van der Waals surface area contributed by atoms with Crippen molar-refractivity contribution in [2.45, 2.75) is 39.1 Å². The van der Waals surface area contributed by atoms with E-state index in [1.54, 1.807) is 30.3 Å². The van der Waals surface area contributed by atoms with Gasteiger partial charge in [-0.05, 0) is 23.8 Å². The van der Waals surface area contributed by atoms with Gasteiger partial charge < -0.3 is 18.9 Å². The van der Waals surface area contributed by atoms with Crippen molar-refractivity contribution in [3.05, 3.63) is 48.1 Å². The highest BCUT2D eigenvalue weighted by atomic mass is 16.6. The van der Waals surface area contributed by atoms with Crippen molar-refractivity contribution in [2.24, 2.45) is 11.8 Å². The van der Waals surface area contributed by atoms with E-state index >= 15 is 0 Å². The summed E-state index contributed by atoms with van der Waals surface area (Å²) in [4.78, 5) is 46.2. The highest BCUT2D eigenvalue weighted by Crippen LogP contribution is 2.45. The van der Waals surface area contributed by atoms with Crippen molar-refractivity contribution in [1.29, 1.82) is 0 Å². The quantitative estimate of drug-likeness (QED) is 0.229. The Morgan fingerprint density at radius 2 is 1.27 bits per heavy atom. The van der Waals surface area contributed by atoms with E-state index in [2.05, 4.69) is 0 Å². The molecule has 158 valence electrons. The van der Waals surface area contributed by atoms with Gasteiger partial charge in [-0.1, -0.05) is 24.3 Å². The second-order valence-electron chi connectivity index (χ2n) is 7.09. The molecule has 0 amide bonds. The third-order valence-corrected chi connectivity index (χ3v) is 4.81. The lowest BCUT2D eigenvalue weighted by Crippen LogP contribution is -2.37. The molecule has 1 fully saturated rings. The van der Waals surface area contributed by atoms with Crippen LogP contribution in [0.1, 0.15) is 26.3 Å². The summed E-state index contributed by atoms with van der Waals surface area (Å²) in [5.41, 5.74) is 0.714. The first-order chi connectivity index (χ1) is 14.2. The van der Waals surface area contributed by atoms with E-state index < -0.39 is 42.2 Å². The fourth-order valence-electron chi connectivity index (χ4n) is 3.75. The zero-order chi connectivity index (χ0) is 21.8. The molecule has 1 aromatic carbocycles. The lowest BCUT2D eigenvalue weighted by Gasteiger charge is -2.25. The van der Waals surface area contributed by atoms with Gasteiger partial charge in [-0.2, -0.15) is 0 Å². The third kappa shape index (κ3) is 4.94. The second kappa shape index (κ2) is 8.94. The molecule has 8 nitrogen and oxygen atoms in total. The van der Waals surface area contributed by atoms with E-state index in [1.165, 1.54) is 26.8 Å². The molecule has 0 saturated heterocycles. The first kappa shape index (κ1) is 21.3. The molecule has 0 N–H and O–H groups in total. The van der Waals surface area contributed by atoms with Crippen LogP contribution in [0.3, 0.4) is 0 Å². The van der Waals surface area contributed by atoms with Gasteiger partial charge in [0.2, 0.25) is 0 Å². The second-order valence-corrected chi connectivity index (χ2v) is 7.09. The van der Waals surface area contributed by atoms with Crippen LogP contribution >= 0.6 is 0 Å². The van der Waals surface area contributed by atoms with E-state index in [4.69, 9.17) is 18.9 Å². The number of hydrogen-bond acceptors (Lipinski definition) is 8. The fourth-order valence-corrected chi connectivity index (χ4v) is 3.75. The number of carbonyl (C=O) groups is 4. The first-order valence-electron chi connectivity index (χ1n) is 9.44. The lowest BCUT2D eigenvalue weighted by molar-refractivity contribution is -0.166. The maximum absolute atomic E-state index is 12.3. The Morgan fingerprint density at radius 3 is 1.73 bits per heavy atom. The van der Waals surface area contributed by atoms with Crippen LogP contribution in [0.5, 0.6) is 5.75 Å². The molecular formula is C22H22O8. The molecule has 0 spiro atoms. The first-order valence-corrected chi connectivity index (χ1v) is 9.44. The Kier molecular flexibility index (Phi) is 6.34. The predicted molar refractivity (Wildman–Crippen MR) is 104 cm³/mol. The molecule has 2 bridgehead atoms. The molecule has 0 radical (unpaired) electrons. The van der Waals surface area contributed by atoms with Crippen molar-refractivity contribution in [3.63, 3.8) is 0 Å². The maximum Gasteiger partial charge on any atom is 0.331 e. The Bertz CT molecular complexity index is 866. The zero-order valence-electron chi connectivity index (χ0n) is 16.8. The number of benzene rings is 1. The summed E-state index contributed by atoms with van der Waals surface area (Å²) < 4.78 is 21.2. The largest absolute Gasteiger partial charge is 0.458 e. The summed E-state index contributed by atoms with van der Waals surface area (Å²) in [6.07, 6.45) is 4.48. The Labute approximate surface area is 173 Å². The molecule has 2 aliphatic carbocycles. The number of hydrogen-bond donors (Lipinski definition) is 0. The van der Waals surface area contributed by atoms with Gasteiger partial charge in [0.25, 0.3) is 0 Å². The molecule has 30 heavy (non-hydrogen) atoms. The number of rotatable bonds is 6.